The number of ether oxygens (including phenoxy) is 2. The number of benzene rings is 1. The van der Waals surface area contributed by atoms with Crippen LogP contribution in [0.1, 0.15) is 10.4 Å². The van der Waals surface area contributed by atoms with Gasteiger partial charge in [-0.05, 0) is 24.3 Å². The first-order valence-corrected chi connectivity index (χ1v) is 7.95. The van der Waals surface area contributed by atoms with Crippen LogP contribution in [0.5, 0.6) is 17.2 Å². The van der Waals surface area contributed by atoms with Gasteiger partial charge in [0, 0.05) is 12.3 Å². The summed E-state index contributed by atoms with van der Waals surface area (Å²) in [5.74, 6) is -0.340. The Morgan fingerprint density at radius 1 is 1.18 bits per heavy atom. The van der Waals surface area contributed by atoms with E-state index in [2.05, 4.69) is 9.72 Å². The molecule has 0 aliphatic rings. The van der Waals surface area contributed by atoms with Gasteiger partial charge in [-0.1, -0.05) is 0 Å². The van der Waals surface area contributed by atoms with Gasteiger partial charge in [0.2, 0.25) is 0 Å². The van der Waals surface area contributed by atoms with Gasteiger partial charge in [-0.25, -0.2) is 18.2 Å². The second-order valence-electron chi connectivity index (χ2n) is 4.41. The summed E-state index contributed by atoms with van der Waals surface area (Å²) in [6.45, 7) is 0. The fraction of sp³-hybridized carbons (Fsp3) is 0.143. The second-order valence-corrected chi connectivity index (χ2v) is 6.38. The third-order valence-corrected chi connectivity index (χ3v) is 3.64. The van der Waals surface area contributed by atoms with Gasteiger partial charge in [-0.3, -0.25) is 0 Å². The number of carbonyl (C=O) groups excluding carboxylic acids is 1. The molecule has 1 N–H and O–H groups in total. The summed E-state index contributed by atoms with van der Waals surface area (Å²) in [4.78, 5) is 15.2. The average Bonchev–Trinajstić information content (AvgIpc) is 2.45. The summed E-state index contributed by atoms with van der Waals surface area (Å²) in [6, 6.07) is 6.65. The molecule has 0 radical (unpaired) electrons. The topological polar surface area (TPSA) is 103 Å². The Labute approximate surface area is 127 Å². The van der Waals surface area contributed by atoms with Crippen molar-refractivity contribution >= 4 is 15.8 Å². The van der Waals surface area contributed by atoms with Gasteiger partial charge in [0.15, 0.2) is 14.9 Å². The van der Waals surface area contributed by atoms with Crippen molar-refractivity contribution in [1.82, 2.24) is 4.98 Å². The third kappa shape index (κ3) is 3.73. The lowest BCUT2D eigenvalue weighted by Crippen LogP contribution is -2.01. The molecule has 0 aliphatic carbocycles. The normalized spacial score (nSPS) is 11.0. The van der Waals surface area contributed by atoms with Crippen LogP contribution in [0, 0.1) is 0 Å². The zero-order chi connectivity index (χ0) is 16.3. The largest absolute Gasteiger partial charge is 0.508 e. The van der Waals surface area contributed by atoms with Crippen LogP contribution < -0.4 is 4.74 Å². The number of rotatable bonds is 4. The summed E-state index contributed by atoms with van der Waals surface area (Å²) >= 11 is 0. The molecule has 1 aromatic heterocycles. The van der Waals surface area contributed by atoms with Crippen molar-refractivity contribution in [1.29, 1.82) is 0 Å². The van der Waals surface area contributed by atoms with Crippen LogP contribution in [-0.2, 0) is 14.6 Å². The van der Waals surface area contributed by atoms with E-state index in [1.807, 2.05) is 0 Å². The number of aromatic nitrogens is 1. The molecule has 0 fully saturated rings. The number of hydrogen-bond acceptors (Lipinski definition) is 7. The van der Waals surface area contributed by atoms with Gasteiger partial charge in [0.05, 0.1) is 18.9 Å². The molecule has 0 saturated carbocycles. The van der Waals surface area contributed by atoms with Crippen LogP contribution in [0.3, 0.4) is 0 Å². The minimum atomic E-state index is -3.39. The Bertz CT molecular complexity index is 799. The number of phenolic OH excluding ortho intramolecular Hbond substituents is 1. The first-order valence-electron chi connectivity index (χ1n) is 6.06. The minimum absolute atomic E-state index is 0.0778. The van der Waals surface area contributed by atoms with E-state index >= 15 is 0 Å². The molecule has 0 unspecified atom stereocenters. The lowest BCUT2D eigenvalue weighted by Gasteiger charge is -2.08. The predicted molar refractivity (Wildman–Crippen MR) is 76.9 cm³/mol. The van der Waals surface area contributed by atoms with Crippen molar-refractivity contribution in [2.75, 3.05) is 13.4 Å². The number of esters is 1. The monoisotopic (exact) mass is 323 g/mol. The van der Waals surface area contributed by atoms with E-state index < -0.39 is 15.8 Å². The fourth-order valence-corrected chi connectivity index (χ4v) is 2.22. The Balaban J connectivity index is 2.27. The number of carbonyl (C=O) groups is 1. The number of methoxy groups -OCH3 is 1. The van der Waals surface area contributed by atoms with E-state index in [-0.39, 0.29) is 27.8 Å². The van der Waals surface area contributed by atoms with Crippen molar-refractivity contribution in [3.05, 3.63) is 42.1 Å². The van der Waals surface area contributed by atoms with E-state index in [4.69, 9.17) is 4.74 Å². The Kier molecular flexibility index (Phi) is 4.32. The number of aromatic hydroxyl groups is 1. The van der Waals surface area contributed by atoms with E-state index in [0.717, 1.165) is 6.26 Å². The van der Waals surface area contributed by atoms with Crippen LogP contribution in [0.25, 0.3) is 0 Å². The molecular formula is C14H13NO6S. The van der Waals surface area contributed by atoms with Crippen molar-refractivity contribution in [3.8, 4) is 17.2 Å². The highest BCUT2D eigenvalue weighted by molar-refractivity contribution is 7.90. The molecule has 2 aromatic rings. The Morgan fingerprint density at radius 3 is 2.45 bits per heavy atom. The van der Waals surface area contributed by atoms with Crippen LogP contribution in [-0.4, -0.2) is 37.8 Å². The molecule has 0 saturated heterocycles. The van der Waals surface area contributed by atoms with Gasteiger partial charge < -0.3 is 14.6 Å². The van der Waals surface area contributed by atoms with Crippen molar-refractivity contribution < 1.29 is 27.8 Å². The summed E-state index contributed by atoms with van der Waals surface area (Å²) in [7, 11) is -2.17. The molecule has 22 heavy (non-hydrogen) atoms. The summed E-state index contributed by atoms with van der Waals surface area (Å²) in [5.41, 5.74) is 0.123. The van der Waals surface area contributed by atoms with Gasteiger partial charge >= 0.3 is 5.97 Å². The molecule has 0 amide bonds. The molecule has 0 spiro atoms. The van der Waals surface area contributed by atoms with Gasteiger partial charge in [0.25, 0.3) is 0 Å². The van der Waals surface area contributed by atoms with Gasteiger partial charge in [-0.2, -0.15) is 0 Å². The van der Waals surface area contributed by atoms with Crippen molar-refractivity contribution in [2.24, 2.45) is 0 Å². The zero-order valence-electron chi connectivity index (χ0n) is 11.8. The molecule has 0 atom stereocenters. The second kappa shape index (κ2) is 6.02. The number of hydrogen-bond donors (Lipinski definition) is 1. The summed E-state index contributed by atoms with van der Waals surface area (Å²) < 4.78 is 32.6. The lowest BCUT2D eigenvalue weighted by molar-refractivity contribution is 0.0600. The number of pyridine rings is 1. The molecule has 2 rings (SSSR count). The SMILES string of the molecule is COC(=O)c1cc(O)cc(Oc2ccc(S(C)(=O)=O)nc2)c1. The van der Waals surface area contributed by atoms with Crippen LogP contribution in [0.2, 0.25) is 0 Å². The first kappa shape index (κ1) is 15.8. The molecule has 8 heteroatoms. The molecule has 0 aliphatic heterocycles. The summed E-state index contributed by atoms with van der Waals surface area (Å²) in [5, 5.41) is 9.51. The molecule has 7 nitrogen and oxygen atoms in total. The third-order valence-electron chi connectivity index (χ3n) is 2.64. The molecule has 116 valence electrons. The van der Waals surface area contributed by atoms with E-state index in [0.29, 0.717) is 0 Å². The highest BCUT2D eigenvalue weighted by Crippen LogP contribution is 2.27. The lowest BCUT2D eigenvalue weighted by atomic mass is 10.2. The van der Waals surface area contributed by atoms with Gasteiger partial charge in [-0.15, -0.1) is 0 Å². The quantitative estimate of drug-likeness (QED) is 0.855. The maximum atomic E-state index is 11.5. The predicted octanol–water partition coefficient (Wildman–Crippen LogP) is 1.77. The molecule has 1 heterocycles. The van der Waals surface area contributed by atoms with Crippen LogP contribution >= 0.6 is 0 Å². The van der Waals surface area contributed by atoms with Crippen molar-refractivity contribution in [2.45, 2.75) is 5.03 Å². The minimum Gasteiger partial charge on any atom is -0.508 e. The van der Waals surface area contributed by atoms with E-state index in [1.54, 1.807) is 0 Å². The molecule has 0 bridgehead atoms. The van der Waals surface area contributed by atoms with E-state index in [9.17, 15) is 18.3 Å². The molecular weight excluding hydrogens is 310 g/mol. The number of sulfone groups is 1. The summed E-state index contributed by atoms with van der Waals surface area (Å²) in [6.07, 6.45) is 2.28. The smallest absolute Gasteiger partial charge is 0.338 e. The fourth-order valence-electron chi connectivity index (χ4n) is 1.66. The van der Waals surface area contributed by atoms with Gasteiger partial charge in [0.1, 0.15) is 17.2 Å². The number of nitrogens with zero attached hydrogens (tertiary/aromatic N) is 1. The standard InChI is InChI=1S/C14H13NO6S/c1-20-14(17)9-5-10(16)7-12(6-9)21-11-3-4-13(15-8-11)22(2,18)19/h3-8,16H,1-2H3. The molecule has 1 aromatic carbocycles. The van der Waals surface area contributed by atoms with Crippen molar-refractivity contribution in [3.63, 3.8) is 0 Å². The van der Waals surface area contributed by atoms with E-state index in [1.165, 1.54) is 43.6 Å². The number of phenols is 1. The zero-order valence-corrected chi connectivity index (χ0v) is 12.6. The highest BCUT2D eigenvalue weighted by atomic mass is 32.2. The average molecular weight is 323 g/mol. The van der Waals surface area contributed by atoms with Crippen LogP contribution in [0.4, 0.5) is 0 Å². The Morgan fingerprint density at radius 2 is 1.91 bits per heavy atom. The first-order chi connectivity index (χ1) is 10.3. The maximum Gasteiger partial charge on any atom is 0.338 e. The Hall–Kier alpha value is -2.61. The highest BCUT2D eigenvalue weighted by Gasteiger charge is 2.11. The maximum absolute atomic E-state index is 11.5. The van der Waals surface area contributed by atoms with Crippen LogP contribution in [0.15, 0.2) is 41.6 Å².